The van der Waals surface area contributed by atoms with Crippen molar-refractivity contribution >= 4 is 17.8 Å². The monoisotopic (exact) mass is 527 g/mol. The summed E-state index contributed by atoms with van der Waals surface area (Å²) in [6.45, 7) is 2.23. The number of carbonyl (C=O) groups excluding carboxylic acids is 2. The molecule has 202 valence electrons. The summed E-state index contributed by atoms with van der Waals surface area (Å²) in [6, 6.07) is 11.4. The first-order valence-electron chi connectivity index (χ1n) is 12.5. The number of benzene rings is 2. The van der Waals surface area contributed by atoms with Crippen molar-refractivity contribution in [2.45, 2.75) is 24.9 Å². The third kappa shape index (κ3) is 6.50. The lowest BCUT2D eigenvalue weighted by Crippen LogP contribution is -2.56. The number of anilines is 1. The van der Waals surface area contributed by atoms with Crippen LogP contribution < -0.4 is 15.4 Å². The standard InChI is InChI=1S/C27H31F2N5O4/c1-33(26(35)31-20-7-10-23(28)24(29)11-20)25-18-5-6-19(25)14-34(13-18)15-21(32-27(36)37-2)16-38-22-8-3-17(12-30)4-9-22/h3-4,7-11,18-19,21,25H,5-6,13-16H2,1-2H3,(H,31,35)(H,32,36)/t18?,19?,21-,25?/m0/s1. The van der Waals surface area contributed by atoms with Crippen molar-refractivity contribution in [2.75, 3.05) is 45.7 Å². The van der Waals surface area contributed by atoms with E-state index in [2.05, 4.69) is 21.6 Å². The van der Waals surface area contributed by atoms with Crippen LogP contribution in [0.1, 0.15) is 18.4 Å². The van der Waals surface area contributed by atoms with Crippen LogP contribution in [0.4, 0.5) is 24.1 Å². The molecule has 11 heteroatoms. The molecule has 3 amide bonds. The molecule has 2 bridgehead atoms. The second kappa shape index (κ2) is 12.1. The summed E-state index contributed by atoms with van der Waals surface area (Å²) in [6.07, 6.45) is 1.38. The van der Waals surface area contributed by atoms with E-state index in [4.69, 9.17) is 14.7 Å². The Hall–Kier alpha value is -3.91. The fourth-order valence-electron chi connectivity index (χ4n) is 5.49. The summed E-state index contributed by atoms with van der Waals surface area (Å²) in [4.78, 5) is 28.8. The number of amides is 3. The number of urea groups is 1. The van der Waals surface area contributed by atoms with Crippen molar-refractivity contribution in [3.05, 3.63) is 59.7 Å². The van der Waals surface area contributed by atoms with Gasteiger partial charge in [-0.2, -0.15) is 5.26 Å². The van der Waals surface area contributed by atoms with E-state index in [0.29, 0.717) is 17.9 Å². The fourth-order valence-corrected chi connectivity index (χ4v) is 5.49. The number of nitrogens with zero attached hydrogens (tertiary/aromatic N) is 3. The van der Waals surface area contributed by atoms with Crippen LogP contribution in [-0.4, -0.2) is 74.4 Å². The Balaban J connectivity index is 1.35. The largest absolute Gasteiger partial charge is 0.491 e. The van der Waals surface area contributed by atoms with Crippen LogP contribution in [0.2, 0.25) is 0 Å². The minimum atomic E-state index is -1.02. The molecular formula is C27H31F2N5O4. The third-order valence-electron chi connectivity index (χ3n) is 7.22. The molecule has 1 aliphatic heterocycles. The predicted molar refractivity (Wildman–Crippen MR) is 136 cm³/mol. The van der Waals surface area contributed by atoms with Gasteiger partial charge < -0.3 is 29.9 Å². The summed E-state index contributed by atoms with van der Waals surface area (Å²) >= 11 is 0. The SMILES string of the molecule is COC(=O)N[C@H](COc1ccc(C#N)cc1)CN1CC2CCC(C1)C2N(C)C(=O)Nc1ccc(F)c(F)c1. The predicted octanol–water partition coefficient (Wildman–Crippen LogP) is 3.81. The van der Waals surface area contributed by atoms with Gasteiger partial charge in [0.1, 0.15) is 12.4 Å². The minimum absolute atomic E-state index is 0.0125. The van der Waals surface area contributed by atoms with Gasteiger partial charge in [0.05, 0.1) is 24.8 Å². The zero-order chi connectivity index (χ0) is 27.2. The number of ether oxygens (including phenoxy) is 2. The Kier molecular flexibility index (Phi) is 8.63. The zero-order valence-electron chi connectivity index (χ0n) is 21.3. The molecule has 2 N–H and O–H groups in total. The second-order valence-electron chi connectivity index (χ2n) is 9.76. The van der Waals surface area contributed by atoms with Crippen molar-refractivity contribution in [1.82, 2.24) is 15.1 Å². The van der Waals surface area contributed by atoms with E-state index in [0.717, 1.165) is 38.1 Å². The van der Waals surface area contributed by atoms with Gasteiger partial charge in [0.25, 0.3) is 0 Å². The molecule has 2 aromatic rings. The van der Waals surface area contributed by atoms with E-state index in [1.165, 1.54) is 13.2 Å². The highest BCUT2D eigenvalue weighted by Gasteiger charge is 2.45. The summed E-state index contributed by atoms with van der Waals surface area (Å²) in [5.41, 5.74) is 0.730. The lowest BCUT2D eigenvalue weighted by atomic mass is 9.91. The molecule has 1 heterocycles. The lowest BCUT2D eigenvalue weighted by molar-refractivity contribution is 0.0687. The van der Waals surface area contributed by atoms with E-state index in [1.807, 2.05) is 0 Å². The average molecular weight is 528 g/mol. The summed E-state index contributed by atoms with van der Waals surface area (Å²) in [5, 5.41) is 14.5. The second-order valence-corrected chi connectivity index (χ2v) is 9.76. The van der Waals surface area contributed by atoms with Crippen molar-refractivity contribution in [3.63, 3.8) is 0 Å². The number of alkyl carbamates (subject to hydrolysis) is 1. The van der Waals surface area contributed by atoms with Crippen LogP contribution >= 0.6 is 0 Å². The number of nitrogens with one attached hydrogen (secondary N) is 2. The van der Waals surface area contributed by atoms with Crippen LogP contribution in [0.3, 0.4) is 0 Å². The maximum atomic E-state index is 13.6. The van der Waals surface area contributed by atoms with Crippen LogP contribution in [0.5, 0.6) is 5.75 Å². The van der Waals surface area contributed by atoms with Gasteiger partial charge in [-0.3, -0.25) is 0 Å². The fraction of sp³-hybridized carbons (Fsp3) is 0.444. The number of piperidine rings is 1. The van der Waals surface area contributed by atoms with E-state index in [-0.39, 0.29) is 42.2 Å². The number of hydrogen-bond donors (Lipinski definition) is 2. The van der Waals surface area contributed by atoms with Gasteiger partial charge in [-0.25, -0.2) is 18.4 Å². The number of carbonyl (C=O) groups is 2. The number of likely N-dealkylation sites (tertiary alicyclic amines) is 1. The summed E-state index contributed by atoms with van der Waals surface area (Å²) in [7, 11) is 3.04. The Morgan fingerprint density at radius 2 is 1.82 bits per heavy atom. The van der Waals surface area contributed by atoms with Gasteiger partial charge >= 0.3 is 12.1 Å². The van der Waals surface area contributed by atoms with Gasteiger partial charge in [-0.15, -0.1) is 0 Å². The number of fused-ring (bicyclic) bond motifs is 2. The average Bonchev–Trinajstić information content (AvgIpc) is 3.18. The highest BCUT2D eigenvalue weighted by molar-refractivity contribution is 5.89. The topological polar surface area (TPSA) is 107 Å². The first kappa shape index (κ1) is 27.1. The van der Waals surface area contributed by atoms with Gasteiger partial charge in [0.2, 0.25) is 0 Å². The Morgan fingerprint density at radius 1 is 1.13 bits per heavy atom. The van der Waals surface area contributed by atoms with Crippen molar-refractivity contribution in [2.24, 2.45) is 11.8 Å². The number of hydrogen-bond acceptors (Lipinski definition) is 6. The first-order valence-corrected chi connectivity index (χ1v) is 12.5. The Labute approximate surface area is 220 Å². The van der Waals surface area contributed by atoms with Gasteiger partial charge in [-0.1, -0.05) is 0 Å². The molecule has 2 unspecified atom stereocenters. The molecule has 0 spiro atoms. The van der Waals surface area contributed by atoms with Crippen LogP contribution in [0.25, 0.3) is 0 Å². The van der Waals surface area contributed by atoms with Gasteiger partial charge in [0.15, 0.2) is 11.6 Å². The maximum Gasteiger partial charge on any atom is 0.407 e. The van der Waals surface area contributed by atoms with Crippen LogP contribution in [-0.2, 0) is 4.74 Å². The highest BCUT2D eigenvalue weighted by atomic mass is 19.2. The number of halogens is 2. The van der Waals surface area contributed by atoms with Crippen molar-refractivity contribution in [1.29, 1.82) is 5.26 Å². The molecule has 1 aliphatic carbocycles. The molecule has 1 saturated heterocycles. The number of rotatable bonds is 8. The van der Waals surface area contributed by atoms with Gasteiger partial charge in [-0.05, 0) is 61.1 Å². The summed E-state index contributed by atoms with van der Waals surface area (Å²) < 4.78 is 37.4. The normalized spacial score (nSPS) is 21.2. The molecule has 4 rings (SSSR count). The zero-order valence-corrected chi connectivity index (χ0v) is 21.3. The molecule has 3 atom stereocenters. The molecule has 2 fully saturated rings. The van der Waals surface area contributed by atoms with E-state index in [1.54, 1.807) is 36.2 Å². The molecule has 38 heavy (non-hydrogen) atoms. The molecule has 9 nitrogen and oxygen atoms in total. The molecule has 0 aromatic heterocycles. The Bertz CT molecular complexity index is 1170. The van der Waals surface area contributed by atoms with E-state index < -0.39 is 17.7 Å². The minimum Gasteiger partial charge on any atom is -0.491 e. The van der Waals surface area contributed by atoms with Crippen LogP contribution in [0.15, 0.2) is 42.5 Å². The molecule has 1 saturated carbocycles. The molecule has 2 aliphatic rings. The number of nitriles is 1. The molecule has 0 radical (unpaired) electrons. The third-order valence-corrected chi connectivity index (χ3v) is 7.22. The van der Waals surface area contributed by atoms with Gasteiger partial charge in [0, 0.05) is 44.5 Å². The number of methoxy groups -OCH3 is 1. The smallest absolute Gasteiger partial charge is 0.407 e. The lowest BCUT2D eigenvalue weighted by Gasteiger charge is -2.43. The Morgan fingerprint density at radius 3 is 2.42 bits per heavy atom. The quantitative estimate of drug-likeness (QED) is 0.541. The first-order chi connectivity index (χ1) is 18.3. The highest BCUT2D eigenvalue weighted by Crippen LogP contribution is 2.40. The van der Waals surface area contributed by atoms with E-state index >= 15 is 0 Å². The van der Waals surface area contributed by atoms with Crippen molar-refractivity contribution in [3.8, 4) is 11.8 Å². The van der Waals surface area contributed by atoms with Crippen LogP contribution in [0, 0.1) is 34.8 Å². The van der Waals surface area contributed by atoms with Crippen molar-refractivity contribution < 1.29 is 27.8 Å². The van der Waals surface area contributed by atoms with E-state index in [9.17, 15) is 18.4 Å². The maximum absolute atomic E-state index is 13.6. The molecular weight excluding hydrogens is 496 g/mol. The molecule has 2 aromatic carbocycles. The summed E-state index contributed by atoms with van der Waals surface area (Å²) in [5.74, 6) is -0.936.